The number of benzene rings is 2. The highest BCUT2D eigenvalue weighted by Crippen LogP contribution is 2.18. The first-order valence-corrected chi connectivity index (χ1v) is 9.97. The number of nitrogens with one attached hydrogen (secondary N) is 1. The van der Waals surface area contributed by atoms with Crippen LogP contribution < -0.4 is 15.6 Å². The van der Waals surface area contributed by atoms with Crippen molar-refractivity contribution in [2.45, 2.75) is 19.9 Å². The number of aromatic nitrogens is 3. The minimum atomic E-state index is -0.267. The number of nitrogens with zero attached hydrogens (tertiary/aromatic N) is 3. The number of hydrogen-bond donors (Lipinski definition) is 1. The van der Waals surface area contributed by atoms with Crippen LogP contribution in [0.4, 0.5) is 5.69 Å². The average Bonchev–Trinajstić information content (AvgIpc) is 2.81. The first-order valence-electron chi connectivity index (χ1n) is 9.97. The molecule has 7 heteroatoms. The minimum Gasteiger partial charge on any atom is -0.497 e. The van der Waals surface area contributed by atoms with Gasteiger partial charge in [0.2, 0.25) is 0 Å². The van der Waals surface area contributed by atoms with E-state index in [0.717, 1.165) is 11.3 Å². The van der Waals surface area contributed by atoms with Crippen molar-refractivity contribution in [3.63, 3.8) is 0 Å². The zero-order valence-corrected chi connectivity index (χ0v) is 17.3. The van der Waals surface area contributed by atoms with E-state index in [2.05, 4.69) is 15.3 Å². The van der Waals surface area contributed by atoms with Crippen LogP contribution in [0.25, 0.3) is 10.9 Å². The third kappa shape index (κ3) is 4.30. The Morgan fingerprint density at radius 1 is 1.10 bits per heavy atom. The molecule has 2 aromatic heterocycles. The van der Waals surface area contributed by atoms with Gasteiger partial charge in [-0.1, -0.05) is 19.1 Å². The maximum absolute atomic E-state index is 13.3. The summed E-state index contributed by atoms with van der Waals surface area (Å²) in [4.78, 5) is 34.4. The molecule has 0 unspecified atom stereocenters. The van der Waals surface area contributed by atoms with E-state index >= 15 is 0 Å². The fourth-order valence-electron chi connectivity index (χ4n) is 3.44. The lowest BCUT2D eigenvalue weighted by atomic mass is 10.1. The van der Waals surface area contributed by atoms with Crippen molar-refractivity contribution in [3.05, 3.63) is 94.3 Å². The number of rotatable bonds is 6. The van der Waals surface area contributed by atoms with Crippen molar-refractivity contribution in [3.8, 4) is 5.75 Å². The number of pyridine rings is 1. The normalized spacial score (nSPS) is 10.8. The Bertz CT molecular complexity index is 1300. The SMILES string of the molecule is CCc1nc2ccc(NC(=O)c3ccncc3)cc2c(=O)n1Cc1cccc(OC)c1. The fraction of sp³-hybridized carbons (Fsp3) is 0.167. The van der Waals surface area contributed by atoms with Gasteiger partial charge in [0.1, 0.15) is 11.6 Å². The molecule has 2 aromatic carbocycles. The molecular weight excluding hydrogens is 392 g/mol. The molecule has 1 N–H and O–H groups in total. The Balaban J connectivity index is 1.72. The topological polar surface area (TPSA) is 86.1 Å². The molecule has 0 atom stereocenters. The van der Waals surface area contributed by atoms with E-state index in [1.807, 2.05) is 31.2 Å². The Kier molecular flexibility index (Phi) is 5.75. The lowest BCUT2D eigenvalue weighted by Gasteiger charge is -2.14. The minimum absolute atomic E-state index is 0.148. The Morgan fingerprint density at radius 3 is 2.65 bits per heavy atom. The third-order valence-corrected chi connectivity index (χ3v) is 5.02. The summed E-state index contributed by atoms with van der Waals surface area (Å²) < 4.78 is 6.96. The van der Waals surface area contributed by atoms with E-state index in [4.69, 9.17) is 4.74 Å². The van der Waals surface area contributed by atoms with Gasteiger partial charge < -0.3 is 10.1 Å². The molecule has 0 aliphatic rings. The smallest absolute Gasteiger partial charge is 0.261 e. The molecule has 4 rings (SSSR count). The van der Waals surface area contributed by atoms with Gasteiger partial charge in [-0.05, 0) is 48.0 Å². The van der Waals surface area contributed by atoms with Crippen LogP contribution in [-0.2, 0) is 13.0 Å². The van der Waals surface area contributed by atoms with E-state index in [1.165, 1.54) is 0 Å². The molecule has 0 spiro atoms. The van der Waals surface area contributed by atoms with E-state index < -0.39 is 0 Å². The van der Waals surface area contributed by atoms with Crippen molar-refractivity contribution in [2.24, 2.45) is 0 Å². The van der Waals surface area contributed by atoms with Crippen molar-refractivity contribution in [2.75, 3.05) is 12.4 Å². The zero-order chi connectivity index (χ0) is 21.8. The van der Waals surface area contributed by atoms with E-state index in [0.29, 0.717) is 40.9 Å². The predicted octanol–water partition coefficient (Wildman–Crippen LogP) is 3.66. The first kappa shape index (κ1) is 20.3. The van der Waals surface area contributed by atoms with Crippen LogP contribution in [0.1, 0.15) is 28.7 Å². The van der Waals surface area contributed by atoms with Crippen LogP contribution in [0, 0.1) is 0 Å². The third-order valence-electron chi connectivity index (χ3n) is 5.02. The number of amides is 1. The number of carbonyl (C=O) groups excluding carboxylic acids is 1. The highest BCUT2D eigenvalue weighted by molar-refractivity contribution is 6.04. The summed E-state index contributed by atoms with van der Waals surface area (Å²) in [5, 5.41) is 3.28. The second-order valence-electron chi connectivity index (χ2n) is 7.05. The Labute approximate surface area is 179 Å². The summed E-state index contributed by atoms with van der Waals surface area (Å²) in [6, 6.07) is 16.1. The number of aryl methyl sites for hydroxylation is 1. The second kappa shape index (κ2) is 8.79. The van der Waals surface area contributed by atoms with E-state index in [1.54, 1.807) is 54.4 Å². The van der Waals surface area contributed by atoms with Crippen LogP contribution >= 0.6 is 0 Å². The summed E-state index contributed by atoms with van der Waals surface area (Å²) >= 11 is 0. The maximum Gasteiger partial charge on any atom is 0.261 e. The van der Waals surface area contributed by atoms with Crippen LogP contribution in [0.3, 0.4) is 0 Å². The number of carbonyl (C=O) groups is 1. The quantitative estimate of drug-likeness (QED) is 0.520. The second-order valence-corrected chi connectivity index (χ2v) is 7.05. The molecule has 0 radical (unpaired) electrons. The molecule has 0 saturated heterocycles. The lowest BCUT2D eigenvalue weighted by molar-refractivity contribution is 0.102. The Morgan fingerprint density at radius 2 is 1.90 bits per heavy atom. The van der Waals surface area contributed by atoms with Crippen molar-refractivity contribution < 1.29 is 9.53 Å². The molecular formula is C24H22N4O3. The molecule has 0 aliphatic carbocycles. The highest BCUT2D eigenvalue weighted by atomic mass is 16.5. The van der Waals surface area contributed by atoms with Crippen molar-refractivity contribution in [1.29, 1.82) is 0 Å². The van der Waals surface area contributed by atoms with Crippen LogP contribution in [0.15, 0.2) is 71.8 Å². The molecule has 2 heterocycles. The number of hydrogen-bond acceptors (Lipinski definition) is 5. The van der Waals surface area contributed by atoms with Crippen LogP contribution in [0.5, 0.6) is 5.75 Å². The van der Waals surface area contributed by atoms with E-state index in [9.17, 15) is 9.59 Å². The fourth-order valence-corrected chi connectivity index (χ4v) is 3.44. The number of anilines is 1. The highest BCUT2D eigenvalue weighted by Gasteiger charge is 2.13. The standard InChI is InChI=1S/C24H22N4O3/c1-3-22-27-21-8-7-18(26-23(29)17-9-11-25-12-10-17)14-20(21)24(30)28(22)15-16-5-4-6-19(13-16)31-2/h4-14H,3,15H2,1-2H3,(H,26,29). The van der Waals surface area contributed by atoms with Gasteiger partial charge in [-0.25, -0.2) is 4.98 Å². The Hall–Kier alpha value is -4.00. The number of methoxy groups -OCH3 is 1. The summed E-state index contributed by atoms with van der Waals surface area (Å²) in [5.74, 6) is 1.17. The predicted molar refractivity (Wildman–Crippen MR) is 120 cm³/mol. The average molecular weight is 414 g/mol. The van der Waals surface area contributed by atoms with Gasteiger partial charge >= 0.3 is 0 Å². The van der Waals surface area contributed by atoms with E-state index in [-0.39, 0.29) is 11.5 Å². The maximum atomic E-state index is 13.3. The first-order chi connectivity index (χ1) is 15.1. The number of fused-ring (bicyclic) bond motifs is 1. The molecule has 0 aliphatic heterocycles. The summed E-state index contributed by atoms with van der Waals surface area (Å²) in [6.07, 6.45) is 3.74. The summed E-state index contributed by atoms with van der Waals surface area (Å²) in [6.45, 7) is 2.36. The molecule has 31 heavy (non-hydrogen) atoms. The molecule has 7 nitrogen and oxygen atoms in total. The van der Waals surface area contributed by atoms with Crippen molar-refractivity contribution >= 4 is 22.5 Å². The van der Waals surface area contributed by atoms with Crippen LogP contribution in [0.2, 0.25) is 0 Å². The van der Waals surface area contributed by atoms with Gasteiger partial charge in [0.15, 0.2) is 0 Å². The van der Waals surface area contributed by atoms with Crippen LogP contribution in [-0.4, -0.2) is 27.6 Å². The number of ether oxygens (including phenoxy) is 1. The summed E-state index contributed by atoms with van der Waals surface area (Å²) in [7, 11) is 1.61. The van der Waals surface area contributed by atoms with Gasteiger partial charge in [-0.2, -0.15) is 0 Å². The largest absolute Gasteiger partial charge is 0.497 e. The molecule has 1 amide bonds. The monoisotopic (exact) mass is 414 g/mol. The molecule has 156 valence electrons. The molecule has 0 saturated carbocycles. The lowest BCUT2D eigenvalue weighted by Crippen LogP contribution is -2.26. The van der Waals surface area contributed by atoms with Gasteiger partial charge in [0, 0.05) is 30.1 Å². The van der Waals surface area contributed by atoms with Crippen molar-refractivity contribution in [1.82, 2.24) is 14.5 Å². The van der Waals surface area contributed by atoms with Gasteiger partial charge in [-0.15, -0.1) is 0 Å². The molecule has 0 fully saturated rings. The molecule has 0 bridgehead atoms. The molecule has 4 aromatic rings. The van der Waals surface area contributed by atoms with Gasteiger partial charge in [0.05, 0.1) is 24.6 Å². The van der Waals surface area contributed by atoms with Gasteiger partial charge in [0.25, 0.3) is 11.5 Å². The summed E-state index contributed by atoms with van der Waals surface area (Å²) in [5.41, 5.74) is 2.42. The van der Waals surface area contributed by atoms with Gasteiger partial charge in [-0.3, -0.25) is 19.1 Å². The zero-order valence-electron chi connectivity index (χ0n) is 17.3.